The molecule has 0 aromatic heterocycles. The van der Waals surface area contributed by atoms with Crippen molar-refractivity contribution in [3.63, 3.8) is 0 Å². The van der Waals surface area contributed by atoms with Crippen LogP contribution in [0.15, 0.2) is 65.6 Å². The highest BCUT2D eigenvalue weighted by Crippen LogP contribution is 2.33. The Morgan fingerprint density at radius 2 is 1.54 bits per heavy atom. The number of amides is 2. The number of nitrogens with one attached hydrogen (secondary N) is 1. The molecule has 0 aliphatic heterocycles. The maximum atomic E-state index is 14.2. The normalized spacial score (nSPS) is 11.9. The summed E-state index contributed by atoms with van der Waals surface area (Å²) < 4.78 is 40.1. The number of carbonyl (C=O) groups is 2. The molecule has 3 aromatic carbocycles. The van der Waals surface area contributed by atoms with E-state index >= 15 is 0 Å². The SMILES string of the molecule is CC[C@@H](C(=O)NC)N(Cc1cccc(C)c1)C(=O)CN(c1cc(C)cc(C)c1)S(=O)(=O)c1ccc(OC)c(OC)c1. The van der Waals surface area contributed by atoms with Gasteiger partial charge in [-0.25, -0.2) is 8.42 Å². The Kier molecular flexibility index (Phi) is 10.4. The van der Waals surface area contributed by atoms with Crippen molar-refractivity contribution in [1.29, 1.82) is 0 Å². The second-order valence-electron chi connectivity index (χ2n) is 9.92. The molecular formula is C31H39N3O6S. The lowest BCUT2D eigenvalue weighted by Crippen LogP contribution is -2.51. The Labute approximate surface area is 243 Å². The monoisotopic (exact) mass is 581 g/mol. The fraction of sp³-hybridized carbons (Fsp3) is 0.355. The van der Waals surface area contributed by atoms with Gasteiger partial charge < -0.3 is 19.7 Å². The second kappa shape index (κ2) is 13.5. The van der Waals surface area contributed by atoms with Crippen LogP contribution in [0.5, 0.6) is 11.5 Å². The van der Waals surface area contributed by atoms with E-state index in [1.54, 1.807) is 12.1 Å². The lowest BCUT2D eigenvalue weighted by Gasteiger charge is -2.33. The third-order valence-electron chi connectivity index (χ3n) is 6.78. The molecule has 3 rings (SSSR count). The molecule has 0 spiro atoms. The van der Waals surface area contributed by atoms with Crippen molar-refractivity contribution in [3.8, 4) is 11.5 Å². The molecule has 41 heavy (non-hydrogen) atoms. The molecule has 0 aliphatic rings. The van der Waals surface area contributed by atoms with Gasteiger partial charge in [0.15, 0.2) is 11.5 Å². The van der Waals surface area contributed by atoms with Crippen molar-refractivity contribution < 1.29 is 27.5 Å². The number of benzene rings is 3. The third kappa shape index (κ3) is 7.38. The number of anilines is 1. The first-order chi connectivity index (χ1) is 19.4. The maximum absolute atomic E-state index is 14.2. The quantitative estimate of drug-likeness (QED) is 0.341. The molecule has 0 saturated heterocycles. The summed E-state index contributed by atoms with van der Waals surface area (Å²) >= 11 is 0. The van der Waals surface area contributed by atoms with Gasteiger partial charge in [0.25, 0.3) is 10.0 Å². The Hall–Kier alpha value is -4.05. The lowest BCUT2D eigenvalue weighted by atomic mass is 10.1. The molecule has 9 nitrogen and oxygen atoms in total. The van der Waals surface area contributed by atoms with Gasteiger partial charge in [-0.3, -0.25) is 13.9 Å². The number of hydrogen-bond acceptors (Lipinski definition) is 6. The first-order valence-electron chi connectivity index (χ1n) is 13.3. The molecule has 0 unspecified atom stereocenters. The highest BCUT2D eigenvalue weighted by atomic mass is 32.2. The highest BCUT2D eigenvalue weighted by molar-refractivity contribution is 7.92. The summed E-state index contributed by atoms with van der Waals surface area (Å²) in [6, 6.07) is 16.5. The second-order valence-corrected chi connectivity index (χ2v) is 11.8. The number of carbonyl (C=O) groups excluding carboxylic acids is 2. The van der Waals surface area contributed by atoms with E-state index in [0.29, 0.717) is 17.9 Å². The molecule has 10 heteroatoms. The van der Waals surface area contributed by atoms with Gasteiger partial charge in [0.2, 0.25) is 11.8 Å². The minimum absolute atomic E-state index is 0.0642. The van der Waals surface area contributed by atoms with Crippen LogP contribution in [0.25, 0.3) is 0 Å². The molecule has 0 aliphatic carbocycles. The van der Waals surface area contributed by atoms with Crippen LogP contribution in [-0.4, -0.2) is 59.0 Å². The molecule has 0 radical (unpaired) electrons. The zero-order chi connectivity index (χ0) is 30.3. The Balaban J connectivity index is 2.14. The number of likely N-dealkylation sites (N-methyl/N-ethyl adjacent to an activating group) is 1. The number of hydrogen-bond donors (Lipinski definition) is 1. The molecule has 1 N–H and O–H groups in total. The maximum Gasteiger partial charge on any atom is 0.264 e. The molecule has 0 saturated carbocycles. The van der Waals surface area contributed by atoms with Gasteiger partial charge in [-0.2, -0.15) is 0 Å². The fourth-order valence-corrected chi connectivity index (χ4v) is 6.23. The molecule has 0 heterocycles. The van der Waals surface area contributed by atoms with Crippen LogP contribution >= 0.6 is 0 Å². The predicted molar refractivity (Wildman–Crippen MR) is 160 cm³/mol. The summed E-state index contributed by atoms with van der Waals surface area (Å²) in [5.41, 5.74) is 3.87. The molecule has 2 amide bonds. The number of rotatable bonds is 12. The molecule has 3 aromatic rings. The lowest BCUT2D eigenvalue weighted by molar-refractivity contribution is -0.140. The van der Waals surface area contributed by atoms with Gasteiger partial charge in [-0.15, -0.1) is 0 Å². The van der Waals surface area contributed by atoms with Crippen LogP contribution < -0.4 is 19.1 Å². The zero-order valence-corrected chi connectivity index (χ0v) is 25.5. The Morgan fingerprint density at radius 1 is 0.878 bits per heavy atom. The molecule has 0 bridgehead atoms. The van der Waals surface area contributed by atoms with E-state index in [1.165, 1.54) is 44.4 Å². The van der Waals surface area contributed by atoms with Crippen molar-refractivity contribution in [2.75, 3.05) is 32.1 Å². The van der Waals surface area contributed by atoms with Crippen molar-refractivity contribution in [2.24, 2.45) is 0 Å². The van der Waals surface area contributed by atoms with Gasteiger partial charge in [-0.05, 0) is 68.1 Å². The van der Waals surface area contributed by atoms with Crippen molar-refractivity contribution >= 4 is 27.5 Å². The van der Waals surface area contributed by atoms with Crippen molar-refractivity contribution in [2.45, 2.75) is 51.6 Å². The number of sulfonamides is 1. The number of aryl methyl sites for hydroxylation is 3. The van der Waals surface area contributed by atoms with E-state index in [-0.39, 0.29) is 23.1 Å². The van der Waals surface area contributed by atoms with E-state index in [2.05, 4.69) is 5.32 Å². The largest absolute Gasteiger partial charge is 0.493 e. The summed E-state index contributed by atoms with van der Waals surface area (Å²) in [6.07, 6.45) is 0.350. The topological polar surface area (TPSA) is 105 Å². The first kappa shape index (κ1) is 31.5. The van der Waals surface area contributed by atoms with Crippen molar-refractivity contribution in [3.05, 3.63) is 82.9 Å². The molecule has 0 fully saturated rings. The van der Waals surface area contributed by atoms with E-state index < -0.39 is 28.5 Å². The van der Waals surface area contributed by atoms with E-state index in [4.69, 9.17) is 9.47 Å². The van der Waals surface area contributed by atoms with Gasteiger partial charge in [0, 0.05) is 19.7 Å². The minimum Gasteiger partial charge on any atom is -0.493 e. The predicted octanol–water partition coefficient (Wildman–Crippen LogP) is 4.38. The van der Waals surface area contributed by atoms with E-state index in [9.17, 15) is 18.0 Å². The molecular weight excluding hydrogens is 542 g/mol. The zero-order valence-electron chi connectivity index (χ0n) is 24.7. The van der Waals surface area contributed by atoms with Crippen LogP contribution in [0.4, 0.5) is 5.69 Å². The summed E-state index contributed by atoms with van der Waals surface area (Å²) in [5.74, 6) is -0.215. The smallest absolute Gasteiger partial charge is 0.264 e. The average Bonchev–Trinajstić information content (AvgIpc) is 2.94. The molecule has 1 atom stereocenters. The van der Waals surface area contributed by atoms with Gasteiger partial charge in [0.05, 0.1) is 24.8 Å². The van der Waals surface area contributed by atoms with Gasteiger partial charge in [-0.1, -0.05) is 42.8 Å². The van der Waals surface area contributed by atoms with Crippen LogP contribution in [0.2, 0.25) is 0 Å². The van der Waals surface area contributed by atoms with Crippen LogP contribution in [0.1, 0.15) is 35.6 Å². The summed E-state index contributed by atoms with van der Waals surface area (Å²) in [4.78, 5) is 28.4. The van der Waals surface area contributed by atoms with Gasteiger partial charge in [0.1, 0.15) is 12.6 Å². The number of methoxy groups -OCH3 is 2. The Morgan fingerprint density at radius 3 is 2.10 bits per heavy atom. The van der Waals surface area contributed by atoms with Gasteiger partial charge >= 0.3 is 0 Å². The Bertz CT molecular complexity index is 1490. The van der Waals surface area contributed by atoms with Crippen LogP contribution in [0, 0.1) is 20.8 Å². The van der Waals surface area contributed by atoms with Crippen LogP contribution in [0.3, 0.4) is 0 Å². The fourth-order valence-electron chi connectivity index (χ4n) is 4.82. The average molecular weight is 582 g/mol. The third-order valence-corrected chi connectivity index (χ3v) is 8.55. The first-order valence-corrected chi connectivity index (χ1v) is 14.8. The highest BCUT2D eigenvalue weighted by Gasteiger charge is 2.34. The summed E-state index contributed by atoms with van der Waals surface area (Å²) in [6.45, 7) is 7.12. The van der Waals surface area contributed by atoms with E-state index in [0.717, 1.165) is 26.6 Å². The minimum atomic E-state index is -4.26. The molecule has 220 valence electrons. The number of nitrogens with zero attached hydrogens (tertiary/aromatic N) is 2. The standard InChI is InChI=1S/C31H39N3O6S/c1-8-27(31(36)32-5)33(19-24-11-9-10-21(2)15-24)30(35)20-34(25-16-22(3)14-23(4)17-25)41(37,38)26-12-13-28(39-6)29(18-26)40-7/h9-18,27H,8,19-20H2,1-7H3,(H,32,36)/t27-/m0/s1. The van der Waals surface area contributed by atoms with E-state index in [1.807, 2.05) is 58.0 Å². The summed E-state index contributed by atoms with van der Waals surface area (Å²) in [7, 11) is 0.143. The van der Waals surface area contributed by atoms with Crippen LogP contribution in [-0.2, 0) is 26.2 Å². The number of ether oxygens (including phenoxy) is 2. The summed E-state index contributed by atoms with van der Waals surface area (Å²) in [5, 5.41) is 2.64. The van der Waals surface area contributed by atoms with Crippen molar-refractivity contribution in [1.82, 2.24) is 10.2 Å².